The van der Waals surface area contributed by atoms with Crippen LogP contribution in [0.25, 0.3) is 0 Å². The topological polar surface area (TPSA) is 17.1 Å². The Hall–Kier alpha value is -0.150. The average Bonchev–Trinajstić information content (AvgIpc) is 2.12. The van der Waals surface area contributed by atoms with Crippen molar-refractivity contribution >= 4 is 22.1 Å². The highest BCUT2D eigenvalue weighted by atomic mass is 32.2. The van der Waals surface area contributed by atoms with Gasteiger partial charge in [-0.1, -0.05) is 0 Å². The van der Waals surface area contributed by atoms with Crippen LogP contribution < -0.4 is 0 Å². The Morgan fingerprint density at radius 2 is 2.50 bits per heavy atom. The minimum atomic E-state index is -0.787. The summed E-state index contributed by atoms with van der Waals surface area (Å²) in [4.78, 5) is 0.926. The maximum Gasteiger partial charge on any atom is 0.0506 e. The van der Waals surface area contributed by atoms with E-state index >= 15 is 0 Å². The van der Waals surface area contributed by atoms with E-state index in [1.165, 1.54) is 0 Å². The molecule has 0 bridgehead atoms. The number of rotatable bonds is 1. The van der Waals surface area contributed by atoms with E-state index < -0.39 is 10.8 Å². The predicted octanol–water partition coefficient (Wildman–Crippen LogP) is 1.49. The second kappa shape index (κ2) is 2.42. The lowest BCUT2D eigenvalue weighted by Gasteiger charge is -1.81. The van der Waals surface area contributed by atoms with Crippen LogP contribution in [0.2, 0.25) is 0 Å². The van der Waals surface area contributed by atoms with Crippen molar-refractivity contribution in [3.05, 3.63) is 16.8 Å². The molecule has 0 aromatic carbocycles. The molecule has 0 fully saturated rings. The molecular formula is C5H6OS2. The van der Waals surface area contributed by atoms with Crippen LogP contribution in [0.5, 0.6) is 0 Å². The summed E-state index contributed by atoms with van der Waals surface area (Å²) in [5.74, 6) is 0. The smallest absolute Gasteiger partial charge is 0.0506 e. The Kier molecular flexibility index (Phi) is 1.81. The molecule has 0 amide bonds. The molecule has 3 heteroatoms. The Bertz CT molecular complexity index is 178. The Morgan fingerprint density at radius 3 is 2.75 bits per heavy atom. The lowest BCUT2D eigenvalue weighted by Crippen LogP contribution is -1.80. The molecular weight excluding hydrogens is 140 g/mol. The largest absolute Gasteiger partial charge is 0.255 e. The molecule has 1 aromatic heterocycles. The van der Waals surface area contributed by atoms with Crippen LogP contribution in [0.4, 0.5) is 0 Å². The second-order valence-corrected chi connectivity index (χ2v) is 3.57. The van der Waals surface area contributed by atoms with E-state index in [-0.39, 0.29) is 0 Å². The zero-order chi connectivity index (χ0) is 5.98. The molecule has 1 aromatic rings. The summed E-state index contributed by atoms with van der Waals surface area (Å²) in [7, 11) is -0.787. The number of thiophene rings is 1. The van der Waals surface area contributed by atoms with E-state index in [0.717, 1.165) is 4.90 Å². The van der Waals surface area contributed by atoms with Crippen LogP contribution in [-0.2, 0) is 10.8 Å². The van der Waals surface area contributed by atoms with Crippen LogP contribution in [0.1, 0.15) is 0 Å². The summed E-state index contributed by atoms with van der Waals surface area (Å²) in [6, 6.07) is 1.88. The summed E-state index contributed by atoms with van der Waals surface area (Å²) in [5.41, 5.74) is 0. The normalized spacial score (nSPS) is 13.6. The van der Waals surface area contributed by atoms with E-state index in [1.54, 1.807) is 17.6 Å². The molecule has 1 unspecified atom stereocenters. The first kappa shape index (κ1) is 5.98. The second-order valence-electron chi connectivity index (χ2n) is 1.41. The predicted molar refractivity (Wildman–Crippen MR) is 36.7 cm³/mol. The summed E-state index contributed by atoms with van der Waals surface area (Å²) >= 11 is 1.57. The highest BCUT2D eigenvalue weighted by molar-refractivity contribution is 7.84. The van der Waals surface area contributed by atoms with Crippen molar-refractivity contribution in [2.45, 2.75) is 4.90 Å². The van der Waals surface area contributed by atoms with Crippen molar-refractivity contribution in [1.29, 1.82) is 0 Å². The summed E-state index contributed by atoms with van der Waals surface area (Å²) in [6.45, 7) is 0. The summed E-state index contributed by atoms with van der Waals surface area (Å²) < 4.78 is 10.6. The third-order valence-electron chi connectivity index (χ3n) is 0.827. The molecule has 1 nitrogen and oxygen atoms in total. The van der Waals surface area contributed by atoms with Gasteiger partial charge in [-0.05, 0) is 11.4 Å². The molecule has 0 aliphatic heterocycles. The van der Waals surface area contributed by atoms with Gasteiger partial charge in [0.1, 0.15) is 0 Å². The first-order valence-corrected chi connectivity index (χ1v) is 4.66. The van der Waals surface area contributed by atoms with Gasteiger partial charge in [0.15, 0.2) is 0 Å². The van der Waals surface area contributed by atoms with Gasteiger partial charge in [-0.25, -0.2) is 0 Å². The van der Waals surface area contributed by atoms with Gasteiger partial charge in [-0.3, -0.25) is 4.21 Å². The van der Waals surface area contributed by atoms with Crippen LogP contribution in [0, 0.1) is 0 Å². The van der Waals surface area contributed by atoms with Gasteiger partial charge in [-0.2, -0.15) is 11.3 Å². The molecule has 1 rings (SSSR count). The molecule has 0 aliphatic carbocycles. The van der Waals surface area contributed by atoms with Crippen LogP contribution in [0.3, 0.4) is 0 Å². The lowest BCUT2D eigenvalue weighted by molar-refractivity contribution is 0.687. The van der Waals surface area contributed by atoms with E-state index in [1.807, 2.05) is 16.8 Å². The minimum Gasteiger partial charge on any atom is -0.255 e. The maximum atomic E-state index is 10.6. The van der Waals surface area contributed by atoms with Gasteiger partial charge in [-0.15, -0.1) is 0 Å². The third kappa shape index (κ3) is 1.17. The molecule has 1 atom stereocenters. The van der Waals surface area contributed by atoms with Crippen molar-refractivity contribution < 1.29 is 4.21 Å². The number of hydrogen-bond donors (Lipinski definition) is 0. The lowest BCUT2D eigenvalue weighted by atomic mass is 10.7. The monoisotopic (exact) mass is 146 g/mol. The quantitative estimate of drug-likeness (QED) is 0.586. The van der Waals surface area contributed by atoms with Crippen molar-refractivity contribution in [3.8, 4) is 0 Å². The Balaban J connectivity index is 2.93. The molecule has 0 aliphatic rings. The van der Waals surface area contributed by atoms with Gasteiger partial charge >= 0.3 is 0 Å². The van der Waals surface area contributed by atoms with Crippen molar-refractivity contribution in [2.75, 3.05) is 6.26 Å². The summed E-state index contributed by atoms with van der Waals surface area (Å²) in [5, 5.41) is 3.83. The SMILES string of the molecule is CS(=O)c1ccsc1. The highest BCUT2D eigenvalue weighted by Crippen LogP contribution is 2.08. The molecule has 1 heterocycles. The molecule has 0 spiro atoms. The molecule has 0 N–H and O–H groups in total. The third-order valence-corrected chi connectivity index (χ3v) is 2.58. The summed E-state index contributed by atoms with van der Waals surface area (Å²) in [6.07, 6.45) is 1.68. The Morgan fingerprint density at radius 1 is 1.75 bits per heavy atom. The van der Waals surface area contributed by atoms with Crippen molar-refractivity contribution in [2.24, 2.45) is 0 Å². The van der Waals surface area contributed by atoms with E-state index in [9.17, 15) is 4.21 Å². The van der Waals surface area contributed by atoms with Crippen LogP contribution >= 0.6 is 11.3 Å². The molecule has 0 radical (unpaired) electrons. The zero-order valence-electron chi connectivity index (χ0n) is 4.46. The fraction of sp³-hybridized carbons (Fsp3) is 0.200. The molecule has 0 saturated carbocycles. The first-order valence-electron chi connectivity index (χ1n) is 2.16. The number of hydrogen-bond acceptors (Lipinski definition) is 2. The standard InChI is InChI=1S/C5H6OS2/c1-8(6)5-2-3-7-4-5/h2-4H,1H3. The van der Waals surface area contributed by atoms with Crippen molar-refractivity contribution in [3.63, 3.8) is 0 Å². The highest BCUT2D eigenvalue weighted by Gasteiger charge is 1.92. The molecule has 44 valence electrons. The fourth-order valence-corrected chi connectivity index (χ4v) is 1.99. The maximum absolute atomic E-state index is 10.6. The fourth-order valence-electron chi connectivity index (χ4n) is 0.416. The van der Waals surface area contributed by atoms with E-state index in [2.05, 4.69) is 0 Å². The van der Waals surface area contributed by atoms with Gasteiger partial charge < -0.3 is 0 Å². The van der Waals surface area contributed by atoms with E-state index in [0.29, 0.717) is 0 Å². The van der Waals surface area contributed by atoms with Gasteiger partial charge in [0.25, 0.3) is 0 Å². The van der Waals surface area contributed by atoms with Crippen LogP contribution in [-0.4, -0.2) is 10.5 Å². The Labute approximate surface area is 54.8 Å². The van der Waals surface area contributed by atoms with Crippen molar-refractivity contribution in [1.82, 2.24) is 0 Å². The molecule has 8 heavy (non-hydrogen) atoms. The average molecular weight is 146 g/mol. The first-order chi connectivity index (χ1) is 3.80. The minimum absolute atomic E-state index is 0.787. The zero-order valence-corrected chi connectivity index (χ0v) is 6.09. The van der Waals surface area contributed by atoms with Gasteiger partial charge in [0.05, 0.1) is 10.8 Å². The van der Waals surface area contributed by atoms with Crippen LogP contribution in [0.15, 0.2) is 21.7 Å². The van der Waals surface area contributed by atoms with Gasteiger partial charge in [0, 0.05) is 16.5 Å². The van der Waals surface area contributed by atoms with Gasteiger partial charge in [0.2, 0.25) is 0 Å². The van der Waals surface area contributed by atoms with E-state index in [4.69, 9.17) is 0 Å². The molecule has 0 saturated heterocycles.